The number of fused-ring (bicyclic) bond motifs is 2. The van der Waals surface area contributed by atoms with Crippen LogP contribution in [-0.2, 0) is 25.7 Å². The number of carbonyl (C=O) groups is 1. The molecule has 0 bridgehead atoms. The smallest absolute Gasteiger partial charge is 0.209 e. The Bertz CT molecular complexity index is 1530. The van der Waals surface area contributed by atoms with Crippen LogP contribution >= 0.6 is 0 Å². The molecule has 214 valence electrons. The molecule has 0 atom stereocenters. The Morgan fingerprint density at radius 1 is 1.00 bits per heavy atom. The maximum atomic E-state index is 11.8. The highest BCUT2D eigenvalue weighted by molar-refractivity contribution is 7.85. The summed E-state index contributed by atoms with van der Waals surface area (Å²) in [6.45, 7) is 16.2. The average molecular weight is 563 g/mol. The number of benzene rings is 2. The van der Waals surface area contributed by atoms with Crippen molar-refractivity contribution >= 4 is 33.0 Å². The van der Waals surface area contributed by atoms with Crippen molar-refractivity contribution in [2.24, 2.45) is 0 Å². The molecule has 2 aliphatic heterocycles. The molecule has 2 heterocycles. The van der Waals surface area contributed by atoms with Crippen LogP contribution in [0.25, 0.3) is 0 Å². The van der Waals surface area contributed by atoms with Crippen LogP contribution in [0.3, 0.4) is 0 Å². The van der Waals surface area contributed by atoms with Gasteiger partial charge in [-0.25, -0.2) is 8.42 Å². The van der Waals surface area contributed by atoms with Crippen LogP contribution in [0.5, 0.6) is 0 Å². The Morgan fingerprint density at radius 3 is 2.38 bits per heavy atom. The molecule has 40 heavy (non-hydrogen) atoms. The maximum absolute atomic E-state index is 11.8. The number of hydrogen-bond donors (Lipinski definition) is 0. The summed E-state index contributed by atoms with van der Waals surface area (Å²) in [6.07, 6.45) is 9.70. The number of aryl methyl sites for hydroxylation is 1. The molecule has 0 amide bonds. The molecular weight excluding hydrogens is 520 g/mol. The second kappa shape index (κ2) is 11.1. The molecule has 0 saturated carbocycles. The van der Waals surface area contributed by atoms with E-state index in [-0.39, 0.29) is 16.1 Å². The van der Waals surface area contributed by atoms with Gasteiger partial charge in [0.15, 0.2) is 5.71 Å². The minimum atomic E-state index is -4.56. The van der Waals surface area contributed by atoms with Crippen molar-refractivity contribution < 1.29 is 22.3 Å². The zero-order valence-corrected chi connectivity index (χ0v) is 25.7. The van der Waals surface area contributed by atoms with Crippen molar-refractivity contribution in [3.8, 4) is 0 Å². The number of allylic oxidation sites excluding steroid dienone is 4. The number of hydrogen-bond acceptors (Lipinski definition) is 5. The van der Waals surface area contributed by atoms with Crippen LogP contribution < -0.4 is 4.90 Å². The molecule has 0 spiro atoms. The van der Waals surface area contributed by atoms with E-state index >= 15 is 0 Å². The number of rotatable bonds is 10. The third-order valence-electron chi connectivity index (χ3n) is 8.43. The molecule has 2 aromatic rings. The van der Waals surface area contributed by atoms with E-state index in [2.05, 4.69) is 87.4 Å². The van der Waals surface area contributed by atoms with Crippen molar-refractivity contribution in [3.05, 3.63) is 77.0 Å². The van der Waals surface area contributed by atoms with Gasteiger partial charge in [0, 0.05) is 53.9 Å². The van der Waals surface area contributed by atoms with Gasteiger partial charge in [-0.2, -0.15) is 4.58 Å². The van der Waals surface area contributed by atoms with Gasteiger partial charge in [-0.05, 0) is 77.3 Å². The lowest BCUT2D eigenvalue weighted by Gasteiger charge is -2.25. The lowest BCUT2D eigenvalue weighted by atomic mass is 9.81. The fraction of sp³-hybridized carbons (Fsp3) is 0.455. The molecule has 6 nitrogen and oxygen atoms in total. The number of ketones is 1. The van der Waals surface area contributed by atoms with E-state index in [4.69, 9.17) is 0 Å². The second-order valence-electron chi connectivity index (χ2n) is 12.1. The quantitative estimate of drug-likeness (QED) is 0.183. The lowest BCUT2D eigenvalue weighted by molar-refractivity contribution is -0.438. The van der Waals surface area contributed by atoms with Crippen LogP contribution in [0, 0.1) is 6.92 Å². The van der Waals surface area contributed by atoms with E-state index in [1.807, 2.05) is 0 Å². The fourth-order valence-electron chi connectivity index (χ4n) is 6.23. The first-order valence-corrected chi connectivity index (χ1v) is 15.6. The highest BCUT2D eigenvalue weighted by atomic mass is 32.2. The zero-order chi connectivity index (χ0) is 29.5. The summed E-state index contributed by atoms with van der Waals surface area (Å²) in [4.78, 5) is 13.5. The molecule has 0 aliphatic carbocycles. The number of likely N-dealkylation sites (N-methyl/N-ethyl adjacent to an activating group) is 1. The van der Waals surface area contributed by atoms with E-state index in [0.29, 0.717) is 6.42 Å². The summed E-state index contributed by atoms with van der Waals surface area (Å²) < 4.78 is 37.7. The van der Waals surface area contributed by atoms with Crippen LogP contribution in [0.2, 0.25) is 0 Å². The van der Waals surface area contributed by atoms with Gasteiger partial charge in [0.1, 0.15) is 22.4 Å². The van der Waals surface area contributed by atoms with Gasteiger partial charge in [-0.15, -0.1) is 0 Å². The summed E-state index contributed by atoms with van der Waals surface area (Å²) in [7, 11) is -4.56. The minimum absolute atomic E-state index is 0.145. The van der Waals surface area contributed by atoms with Crippen LogP contribution in [-0.4, -0.2) is 42.1 Å². The first-order valence-electron chi connectivity index (χ1n) is 14.2. The van der Waals surface area contributed by atoms with Crippen LogP contribution in [0.1, 0.15) is 83.9 Å². The first-order chi connectivity index (χ1) is 18.7. The van der Waals surface area contributed by atoms with E-state index in [1.54, 1.807) is 13.0 Å². The standard InChI is InChI=1S/C33H42N2O4S/c1-8-34-28-18-16-23(2)21-26(28)32(4,5)30(34)14-12-15-31-33(6,7)27-22-25(40(37,38)39)17-19-29(27)35(31)20-11-9-10-13-24(3)36/h12,14-19,21-22H,8-11,13,20H2,1-7H3. The third-order valence-corrected chi connectivity index (χ3v) is 9.27. The highest BCUT2D eigenvalue weighted by Gasteiger charge is 2.45. The van der Waals surface area contributed by atoms with E-state index in [9.17, 15) is 17.8 Å². The topological polar surface area (TPSA) is 80.5 Å². The van der Waals surface area contributed by atoms with Crippen molar-refractivity contribution in [2.45, 2.75) is 89.9 Å². The number of Topliss-reactive ketones (excluding diaryl/α,β-unsaturated/α-hetero) is 1. The third kappa shape index (κ3) is 5.59. The van der Waals surface area contributed by atoms with Gasteiger partial charge in [-0.1, -0.05) is 37.6 Å². The number of anilines is 1. The van der Waals surface area contributed by atoms with Gasteiger partial charge < -0.3 is 14.2 Å². The summed E-state index contributed by atoms with van der Waals surface area (Å²) >= 11 is 0. The first kappa shape index (κ1) is 29.9. The molecule has 0 radical (unpaired) electrons. The Kier molecular flexibility index (Phi) is 8.30. The molecule has 0 saturated heterocycles. The Labute approximate surface area is 239 Å². The molecule has 2 aromatic carbocycles. The number of carbonyl (C=O) groups excluding carboxylic acids is 1. The summed E-state index contributed by atoms with van der Waals surface area (Å²) in [5.74, 6) is 0.204. The summed E-state index contributed by atoms with van der Waals surface area (Å²) in [5.41, 5.74) is 7.23. The molecule has 7 heteroatoms. The van der Waals surface area contributed by atoms with Crippen LogP contribution in [0.15, 0.2) is 65.2 Å². The Balaban J connectivity index is 1.73. The van der Waals surface area contributed by atoms with Gasteiger partial charge in [0.25, 0.3) is 0 Å². The molecule has 2 aliphatic rings. The van der Waals surface area contributed by atoms with Crippen molar-refractivity contribution in [2.75, 3.05) is 18.0 Å². The van der Waals surface area contributed by atoms with Gasteiger partial charge in [0.2, 0.25) is 5.69 Å². The zero-order valence-electron chi connectivity index (χ0n) is 24.9. The fourth-order valence-corrected chi connectivity index (χ4v) is 6.73. The van der Waals surface area contributed by atoms with Crippen molar-refractivity contribution in [3.63, 3.8) is 0 Å². The minimum Gasteiger partial charge on any atom is -0.744 e. The van der Waals surface area contributed by atoms with E-state index in [1.165, 1.54) is 34.6 Å². The Hall–Kier alpha value is -3.03. The van der Waals surface area contributed by atoms with Gasteiger partial charge in [-0.3, -0.25) is 0 Å². The SMILES string of the molecule is CCN1C(=CC=CC2=[N+](CCCCCC(C)=O)c3ccc(S(=O)(=O)[O-])cc3C2(C)C)C(C)(C)c2cc(C)ccc21. The van der Waals surface area contributed by atoms with Gasteiger partial charge >= 0.3 is 0 Å². The Morgan fingerprint density at radius 2 is 1.73 bits per heavy atom. The molecule has 0 aromatic heterocycles. The molecule has 0 fully saturated rings. The highest BCUT2D eigenvalue weighted by Crippen LogP contribution is 2.48. The van der Waals surface area contributed by atoms with Gasteiger partial charge in [0.05, 0.1) is 10.3 Å². The van der Waals surface area contributed by atoms with Crippen molar-refractivity contribution in [1.82, 2.24) is 0 Å². The predicted molar refractivity (Wildman–Crippen MR) is 161 cm³/mol. The summed E-state index contributed by atoms with van der Waals surface area (Å²) in [6, 6.07) is 11.4. The van der Waals surface area contributed by atoms with E-state index < -0.39 is 15.5 Å². The summed E-state index contributed by atoms with van der Waals surface area (Å²) in [5, 5.41) is 0. The maximum Gasteiger partial charge on any atom is 0.209 e. The number of unbranched alkanes of at least 4 members (excludes halogenated alkanes) is 2. The number of nitrogens with zero attached hydrogens (tertiary/aromatic N) is 2. The van der Waals surface area contributed by atoms with Crippen LogP contribution in [0.4, 0.5) is 11.4 Å². The van der Waals surface area contributed by atoms with Crippen molar-refractivity contribution in [1.29, 1.82) is 0 Å². The molecule has 0 N–H and O–H groups in total. The molecule has 4 rings (SSSR count). The second-order valence-corrected chi connectivity index (χ2v) is 13.5. The average Bonchev–Trinajstić information content (AvgIpc) is 3.21. The molecular formula is C33H42N2O4S. The monoisotopic (exact) mass is 562 g/mol. The van der Waals surface area contributed by atoms with E-state index in [0.717, 1.165) is 49.3 Å². The predicted octanol–water partition coefficient (Wildman–Crippen LogP) is 6.68. The lowest BCUT2D eigenvalue weighted by Crippen LogP contribution is -2.28. The largest absolute Gasteiger partial charge is 0.744 e. The normalized spacial score (nSPS) is 18.6. The molecule has 0 unspecified atom stereocenters.